The number of rotatable bonds is 5. The summed E-state index contributed by atoms with van der Waals surface area (Å²) in [5, 5.41) is 2.71. The van der Waals surface area contributed by atoms with Crippen molar-refractivity contribution in [3.63, 3.8) is 0 Å². The Morgan fingerprint density at radius 1 is 1.26 bits per heavy atom. The van der Waals surface area contributed by atoms with Crippen LogP contribution >= 0.6 is 0 Å². The summed E-state index contributed by atoms with van der Waals surface area (Å²) >= 11 is 0. The Morgan fingerprint density at radius 2 is 1.95 bits per heavy atom. The number of carbonyl (C=O) groups is 2. The number of hydroxylamine groups is 1. The lowest BCUT2D eigenvalue weighted by atomic mass is 10.0. The molecule has 5 heteroatoms. The Balaban J connectivity index is 2.79. The zero-order chi connectivity index (χ0) is 14.4. The molecule has 0 aliphatic heterocycles. The highest BCUT2D eigenvalue weighted by Gasteiger charge is 2.24. The number of carbonyl (C=O) groups excluding carboxylic acids is 2. The maximum Gasteiger partial charge on any atom is 0.266 e. The van der Waals surface area contributed by atoms with Gasteiger partial charge in [-0.2, -0.15) is 0 Å². The summed E-state index contributed by atoms with van der Waals surface area (Å²) < 4.78 is 0. The van der Waals surface area contributed by atoms with E-state index in [9.17, 15) is 9.59 Å². The maximum absolute atomic E-state index is 12.1. The number of aryl methyl sites for hydroxylation is 1. The molecule has 1 rings (SSSR count). The summed E-state index contributed by atoms with van der Waals surface area (Å²) in [7, 11) is 1.36. The summed E-state index contributed by atoms with van der Waals surface area (Å²) in [5.74, 6) is -0.670. The van der Waals surface area contributed by atoms with Gasteiger partial charge in [0.05, 0.1) is 7.11 Å². The SMILES string of the molecule is CONC(=O)C(NC(=O)c1cccc(C)c1)C(C)C. The Hall–Kier alpha value is -1.88. The fraction of sp³-hybridized carbons (Fsp3) is 0.429. The smallest absolute Gasteiger partial charge is 0.266 e. The van der Waals surface area contributed by atoms with Crippen LogP contribution in [-0.4, -0.2) is 25.0 Å². The molecule has 0 spiro atoms. The van der Waals surface area contributed by atoms with E-state index in [1.807, 2.05) is 32.9 Å². The largest absolute Gasteiger partial charge is 0.340 e. The second kappa shape index (κ2) is 6.89. The minimum atomic E-state index is -0.632. The van der Waals surface area contributed by atoms with Gasteiger partial charge in [0.25, 0.3) is 11.8 Å². The third-order valence-electron chi connectivity index (χ3n) is 2.72. The maximum atomic E-state index is 12.1. The number of nitrogens with one attached hydrogen (secondary N) is 2. The van der Waals surface area contributed by atoms with Crippen LogP contribution in [0, 0.1) is 12.8 Å². The van der Waals surface area contributed by atoms with E-state index in [-0.39, 0.29) is 17.7 Å². The van der Waals surface area contributed by atoms with Crippen LogP contribution in [0.2, 0.25) is 0 Å². The summed E-state index contributed by atoms with van der Waals surface area (Å²) in [6.07, 6.45) is 0. The standard InChI is InChI=1S/C14H20N2O3/c1-9(2)12(14(18)16-19-4)15-13(17)11-7-5-6-10(3)8-11/h5-9,12H,1-4H3,(H,15,17)(H,16,18). The van der Waals surface area contributed by atoms with Gasteiger partial charge in [0.15, 0.2) is 0 Å². The molecule has 1 aromatic rings. The monoisotopic (exact) mass is 264 g/mol. The minimum absolute atomic E-state index is 0.0380. The molecule has 1 unspecified atom stereocenters. The summed E-state index contributed by atoms with van der Waals surface area (Å²) in [5.41, 5.74) is 3.77. The third kappa shape index (κ3) is 4.37. The van der Waals surface area contributed by atoms with E-state index >= 15 is 0 Å². The van der Waals surface area contributed by atoms with Gasteiger partial charge in [-0.05, 0) is 25.0 Å². The van der Waals surface area contributed by atoms with Gasteiger partial charge in [-0.25, -0.2) is 5.48 Å². The normalized spacial score (nSPS) is 12.1. The van der Waals surface area contributed by atoms with Gasteiger partial charge in [-0.3, -0.25) is 14.4 Å². The molecule has 0 saturated heterocycles. The van der Waals surface area contributed by atoms with Crippen LogP contribution in [-0.2, 0) is 9.63 Å². The Bertz CT molecular complexity index is 458. The highest BCUT2D eigenvalue weighted by Crippen LogP contribution is 2.07. The molecule has 2 N–H and O–H groups in total. The zero-order valence-electron chi connectivity index (χ0n) is 11.7. The van der Waals surface area contributed by atoms with Gasteiger partial charge in [0, 0.05) is 5.56 Å². The molecule has 0 fully saturated rings. The number of benzene rings is 1. The minimum Gasteiger partial charge on any atom is -0.340 e. The molecule has 104 valence electrons. The van der Waals surface area contributed by atoms with E-state index in [4.69, 9.17) is 0 Å². The zero-order valence-corrected chi connectivity index (χ0v) is 11.7. The Morgan fingerprint density at radius 3 is 2.47 bits per heavy atom. The Labute approximate surface area is 113 Å². The van der Waals surface area contributed by atoms with E-state index in [1.165, 1.54) is 7.11 Å². The first-order valence-corrected chi connectivity index (χ1v) is 6.16. The van der Waals surface area contributed by atoms with E-state index in [2.05, 4.69) is 15.6 Å². The fourth-order valence-electron chi connectivity index (χ4n) is 1.71. The highest BCUT2D eigenvalue weighted by atomic mass is 16.6. The van der Waals surface area contributed by atoms with E-state index < -0.39 is 6.04 Å². The molecule has 0 radical (unpaired) electrons. The van der Waals surface area contributed by atoms with Crippen molar-refractivity contribution in [2.24, 2.45) is 5.92 Å². The lowest BCUT2D eigenvalue weighted by Gasteiger charge is -2.21. The third-order valence-corrected chi connectivity index (χ3v) is 2.72. The van der Waals surface area contributed by atoms with Gasteiger partial charge in [-0.1, -0.05) is 31.5 Å². The van der Waals surface area contributed by atoms with Crippen molar-refractivity contribution >= 4 is 11.8 Å². The molecule has 0 saturated carbocycles. The molecule has 19 heavy (non-hydrogen) atoms. The van der Waals surface area contributed by atoms with Crippen LogP contribution in [0.1, 0.15) is 29.8 Å². The summed E-state index contributed by atoms with van der Waals surface area (Å²) in [4.78, 5) is 28.4. The van der Waals surface area contributed by atoms with Crippen LogP contribution in [0.15, 0.2) is 24.3 Å². The highest BCUT2D eigenvalue weighted by molar-refractivity contribution is 5.97. The molecule has 2 amide bonds. The van der Waals surface area contributed by atoms with Gasteiger partial charge in [0.2, 0.25) is 0 Å². The molecule has 5 nitrogen and oxygen atoms in total. The van der Waals surface area contributed by atoms with Gasteiger partial charge in [-0.15, -0.1) is 0 Å². The molecule has 1 aromatic carbocycles. The van der Waals surface area contributed by atoms with Gasteiger partial charge < -0.3 is 5.32 Å². The lowest BCUT2D eigenvalue weighted by Crippen LogP contribution is -2.49. The average molecular weight is 264 g/mol. The second-order valence-corrected chi connectivity index (χ2v) is 4.74. The number of amides is 2. The predicted octanol–water partition coefficient (Wildman–Crippen LogP) is 1.43. The molecule has 0 bridgehead atoms. The first-order chi connectivity index (χ1) is 8.95. The van der Waals surface area contributed by atoms with Crippen molar-refractivity contribution in [3.05, 3.63) is 35.4 Å². The lowest BCUT2D eigenvalue weighted by molar-refractivity contribution is -0.134. The van der Waals surface area contributed by atoms with Crippen LogP contribution in [0.25, 0.3) is 0 Å². The number of hydrogen-bond acceptors (Lipinski definition) is 3. The summed E-state index contributed by atoms with van der Waals surface area (Å²) in [6.45, 7) is 5.63. The van der Waals surface area contributed by atoms with Crippen molar-refractivity contribution in [1.29, 1.82) is 0 Å². The summed E-state index contributed by atoms with van der Waals surface area (Å²) in [6, 6.07) is 6.58. The van der Waals surface area contributed by atoms with E-state index in [0.29, 0.717) is 5.56 Å². The predicted molar refractivity (Wildman–Crippen MR) is 72.4 cm³/mol. The molecule has 1 atom stereocenters. The topological polar surface area (TPSA) is 67.4 Å². The molecule has 0 heterocycles. The van der Waals surface area contributed by atoms with Crippen molar-refractivity contribution < 1.29 is 14.4 Å². The average Bonchev–Trinajstić information content (AvgIpc) is 2.35. The number of hydrogen-bond donors (Lipinski definition) is 2. The van der Waals surface area contributed by atoms with Crippen molar-refractivity contribution in [1.82, 2.24) is 10.8 Å². The van der Waals surface area contributed by atoms with Gasteiger partial charge >= 0.3 is 0 Å². The van der Waals surface area contributed by atoms with Crippen molar-refractivity contribution in [2.45, 2.75) is 26.8 Å². The van der Waals surface area contributed by atoms with E-state index in [0.717, 1.165) is 5.56 Å². The van der Waals surface area contributed by atoms with Crippen LogP contribution in [0.3, 0.4) is 0 Å². The fourth-order valence-corrected chi connectivity index (χ4v) is 1.71. The van der Waals surface area contributed by atoms with Gasteiger partial charge in [0.1, 0.15) is 6.04 Å². The molecular formula is C14H20N2O3. The van der Waals surface area contributed by atoms with E-state index in [1.54, 1.807) is 12.1 Å². The van der Waals surface area contributed by atoms with Crippen molar-refractivity contribution in [3.8, 4) is 0 Å². The molecule has 0 aromatic heterocycles. The quantitative estimate of drug-likeness (QED) is 0.790. The Kier molecular flexibility index (Phi) is 5.51. The van der Waals surface area contributed by atoms with Crippen LogP contribution < -0.4 is 10.8 Å². The molecular weight excluding hydrogens is 244 g/mol. The molecule has 0 aliphatic carbocycles. The second-order valence-electron chi connectivity index (χ2n) is 4.74. The molecule has 0 aliphatic rings. The first kappa shape index (κ1) is 15.2. The van der Waals surface area contributed by atoms with Crippen LogP contribution in [0.5, 0.6) is 0 Å². The van der Waals surface area contributed by atoms with Crippen LogP contribution in [0.4, 0.5) is 0 Å². The van der Waals surface area contributed by atoms with Crippen molar-refractivity contribution in [2.75, 3.05) is 7.11 Å². The first-order valence-electron chi connectivity index (χ1n) is 6.16.